The first-order valence-electron chi connectivity index (χ1n) is 3.13. The molecule has 1 rings (SSSR count). The summed E-state index contributed by atoms with van der Waals surface area (Å²) in [6.07, 6.45) is 8.55. The highest BCUT2D eigenvalue weighted by Gasteiger charge is 1.92. The van der Waals surface area contributed by atoms with Crippen LogP contribution in [0.15, 0.2) is 12.4 Å². The zero-order valence-corrected chi connectivity index (χ0v) is 5.90. The van der Waals surface area contributed by atoms with Crippen molar-refractivity contribution in [1.82, 2.24) is 15.2 Å². The van der Waals surface area contributed by atoms with Gasteiger partial charge in [0.05, 0.1) is 12.4 Å². The summed E-state index contributed by atoms with van der Waals surface area (Å²) in [5.41, 5.74) is 0. The lowest BCUT2D eigenvalue weighted by Gasteiger charge is -1.97. The predicted octanol–water partition coefficient (Wildman–Crippen LogP) is 0.274. The molecule has 0 saturated carbocycles. The fourth-order valence-corrected chi connectivity index (χ4v) is 0.503. The second-order valence-corrected chi connectivity index (χ2v) is 1.73. The molecule has 0 bridgehead atoms. The highest BCUT2D eigenvalue weighted by molar-refractivity contribution is 4.89. The number of aromatic nitrogens is 3. The van der Waals surface area contributed by atoms with E-state index in [1.165, 1.54) is 12.4 Å². The van der Waals surface area contributed by atoms with Crippen LogP contribution in [0, 0.1) is 12.3 Å². The Morgan fingerprint density at radius 3 is 3.09 bits per heavy atom. The Hall–Kier alpha value is -1.63. The van der Waals surface area contributed by atoms with Gasteiger partial charge in [0.1, 0.15) is 6.61 Å². The molecule has 0 N–H and O–H groups in total. The third-order valence-electron chi connectivity index (χ3n) is 0.939. The Bertz CT molecular complexity index is 242. The highest BCUT2D eigenvalue weighted by atomic mass is 16.5. The first-order valence-corrected chi connectivity index (χ1v) is 3.13. The minimum atomic E-state index is 0.266. The second kappa shape index (κ2) is 4.23. The maximum Gasteiger partial charge on any atom is 0.335 e. The molecule has 1 aromatic rings. The zero-order chi connectivity index (χ0) is 7.94. The normalized spacial score (nSPS) is 8.64. The monoisotopic (exact) mass is 149 g/mol. The standard InChI is InChI=1S/C7H7N3O/c1-2-3-6-11-7-8-4-5-9-10-7/h1,4-5H,3,6H2. The first-order chi connectivity index (χ1) is 5.43. The van der Waals surface area contributed by atoms with Crippen LogP contribution in [0.5, 0.6) is 6.01 Å². The molecular weight excluding hydrogens is 142 g/mol. The summed E-state index contributed by atoms with van der Waals surface area (Å²) < 4.78 is 5.02. The van der Waals surface area contributed by atoms with Crippen molar-refractivity contribution in [2.24, 2.45) is 0 Å². The molecule has 11 heavy (non-hydrogen) atoms. The molecule has 0 amide bonds. The third kappa shape index (κ3) is 2.63. The van der Waals surface area contributed by atoms with Gasteiger partial charge in [0, 0.05) is 6.42 Å². The third-order valence-corrected chi connectivity index (χ3v) is 0.939. The van der Waals surface area contributed by atoms with E-state index in [4.69, 9.17) is 11.2 Å². The van der Waals surface area contributed by atoms with Crippen molar-refractivity contribution in [3.8, 4) is 18.4 Å². The Morgan fingerprint density at radius 2 is 2.45 bits per heavy atom. The molecule has 56 valence electrons. The number of hydrogen-bond acceptors (Lipinski definition) is 4. The lowest BCUT2D eigenvalue weighted by molar-refractivity contribution is 0.296. The molecule has 0 aliphatic heterocycles. The van der Waals surface area contributed by atoms with E-state index < -0.39 is 0 Å². The summed E-state index contributed by atoms with van der Waals surface area (Å²) in [5.74, 6) is 2.44. The molecule has 0 atom stereocenters. The SMILES string of the molecule is C#CCCOc1nccnn1. The van der Waals surface area contributed by atoms with Gasteiger partial charge in [0.15, 0.2) is 0 Å². The number of ether oxygens (including phenoxy) is 1. The van der Waals surface area contributed by atoms with E-state index >= 15 is 0 Å². The summed E-state index contributed by atoms with van der Waals surface area (Å²) in [6.45, 7) is 0.433. The van der Waals surface area contributed by atoms with Crippen LogP contribution in [-0.4, -0.2) is 21.8 Å². The van der Waals surface area contributed by atoms with E-state index in [1.54, 1.807) is 0 Å². The molecule has 1 aromatic heterocycles. The minimum absolute atomic E-state index is 0.266. The number of rotatable bonds is 3. The second-order valence-electron chi connectivity index (χ2n) is 1.73. The van der Waals surface area contributed by atoms with Crippen molar-refractivity contribution < 1.29 is 4.74 Å². The summed E-state index contributed by atoms with van der Waals surface area (Å²) in [4.78, 5) is 3.79. The van der Waals surface area contributed by atoms with E-state index in [9.17, 15) is 0 Å². The van der Waals surface area contributed by atoms with Crippen LogP contribution in [0.1, 0.15) is 6.42 Å². The van der Waals surface area contributed by atoms with Crippen molar-refractivity contribution in [2.45, 2.75) is 6.42 Å². The Kier molecular flexibility index (Phi) is 2.87. The fraction of sp³-hybridized carbons (Fsp3) is 0.286. The van der Waals surface area contributed by atoms with Crippen LogP contribution in [0.2, 0.25) is 0 Å². The van der Waals surface area contributed by atoms with Gasteiger partial charge >= 0.3 is 6.01 Å². The van der Waals surface area contributed by atoms with Gasteiger partial charge in [-0.1, -0.05) is 5.10 Å². The Labute approximate surface area is 64.6 Å². The summed E-state index contributed by atoms with van der Waals surface area (Å²) >= 11 is 0. The van der Waals surface area contributed by atoms with Crippen molar-refractivity contribution in [1.29, 1.82) is 0 Å². The summed E-state index contributed by atoms with van der Waals surface area (Å²) in [7, 11) is 0. The lowest BCUT2D eigenvalue weighted by Crippen LogP contribution is -2.00. The number of terminal acetylenes is 1. The van der Waals surface area contributed by atoms with Crippen LogP contribution in [-0.2, 0) is 0 Å². The van der Waals surface area contributed by atoms with Crippen LogP contribution in [0.25, 0.3) is 0 Å². The van der Waals surface area contributed by atoms with E-state index in [0.29, 0.717) is 13.0 Å². The molecular formula is C7H7N3O. The molecule has 0 aliphatic rings. The van der Waals surface area contributed by atoms with Crippen molar-refractivity contribution in [3.63, 3.8) is 0 Å². The van der Waals surface area contributed by atoms with Crippen LogP contribution < -0.4 is 4.74 Å². The Morgan fingerprint density at radius 1 is 1.55 bits per heavy atom. The van der Waals surface area contributed by atoms with Crippen molar-refractivity contribution >= 4 is 0 Å². The summed E-state index contributed by atoms with van der Waals surface area (Å²) in [6, 6.07) is 0.266. The molecule has 0 aromatic carbocycles. The van der Waals surface area contributed by atoms with Gasteiger partial charge in [-0.3, -0.25) is 0 Å². The molecule has 0 saturated heterocycles. The maximum atomic E-state index is 5.02. The quantitative estimate of drug-likeness (QED) is 0.457. The average Bonchev–Trinajstić information content (AvgIpc) is 2.07. The van der Waals surface area contributed by atoms with Crippen LogP contribution >= 0.6 is 0 Å². The van der Waals surface area contributed by atoms with Gasteiger partial charge < -0.3 is 4.74 Å². The van der Waals surface area contributed by atoms with Crippen molar-refractivity contribution in [2.75, 3.05) is 6.61 Å². The maximum absolute atomic E-state index is 5.02. The van der Waals surface area contributed by atoms with Gasteiger partial charge in [-0.2, -0.15) is 5.10 Å². The van der Waals surface area contributed by atoms with Gasteiger partial charge in [0.25, 0.3) is 0 Å². The molecule has 0 radical (unpaired) electrons. The number of hydrogen-bond donors (Lipinski definition) is 0. The number of nitrogens with zero attached hydrogens (tertiary/aromatic N) is 3. The van der Waals surface area contributed by atoms with E-state index in [-0.39, 0.29) is 6.01 Å². The van der Waals surface area contributed by atoms with Crippen LogP contribution in [0.4, 0.5) is 0 Å². The molecule has 4 heteroatoms. The first kappa shape index (κ1) is 7.48. The predicted molar refractivity (Wildman–Crippen MR) is 38.8 cm³/mol. The molecule has 0 spiro atoms. The van der Waals surface area contributed by atoms with Gasteiger partial charge in [0.2, 0.25) is 0 Å². The molecule has 0 unspecified atom stereocenters. The topological polar surface area (TPSA) is 47.9 Å². The molecule has 4 nitrogen and oxygen atoms in total. The Balaban J connectivity index is 2.35. The van der Waals surface area contributed by atoms with Gasteiger partial charge in [-0.25, -0.2) is 4.98 Å². The van der Waals surface area contributed by atoms with Gasteiger partial charge in [-0.05, 0) is 0 Å². The molecule has 0 aliphatic carbocycles. The smallest absolute Gasteiger partial charge is 0.335 e. The largest absolute Gasteiger partial charge is 0.461 e. The van der Waals surface area contributed by atoms with E-state index in [0.717, 1.165) is 0 Å². The highest BCUT2D eigenvalue weighted by Crippen LogP contribution is 1.94. The molecule has 0 fully saturated rings. The van der Waals surface area contributed by atoms with Crippen molar-refractivity contribution in [3.05, 3.63) is 12.4 Å². The van der Waals surface area contributed by atoms with Gasteiger partial charge in [-0.15, -0.1) is 12.3 Å². The lowest BCUT2D eigenvalue weighted by atomic mass is 10.5. The fourth-order valence-electron chi connectivity index (χ4n) is 0.503. The van der Waals surface area contributed by atoms with Crippen LogP contribution in [0.3, 0.4) is 0 Å². The minimum Gasteiger partial charge on any atom is -0.461 e. The average molecular weight is 149 g/mol. The van der Waals surface area contributed by atoms with E-state index in [1.807, 2.05) is 0 Å². The van der Waals surface area contributed by atoms with E-state index in [2.05, 4.69) is 21.1 Å². The molecule has 1 heterocycles. The summed E-state index contributed by atoms with van der Waals surface area (Å²) in [5, 5.41) is 7.17. The zero-order valence-electron chi connectivity index (χ0n) is 5.90.